The molecule has 0 aliphatic carbocycles. The van der Waals surface area contributed by atoms with Crippen molar-refractivity contribution in [1.29, 1.82) is 0 Å². The Kier molecular flexibility index (Phi) is 3.80. The van der Waals surface area contributed by atoms with Crippen molar-refractivity contribution >= 4 is 17.1 Å². The van der Waals surface area contributed by atoms with Crippen molar-refractivity contribution < 1.29 is 19.5 Å². The summed E-state index contributed by atoms with van der Waals surface area (Å²) in [6.07, 6.45) is 0.574. The minimum absolute atomic E-state index is 0.0613. The molecule has 0 bridgehead atoms. The normalized spacial score (nSPS) is 12.2. The summed E-state index contributed by atoms with van der Waals surface area (Å²) in [5, 5.41) is 23.1. The van der Waals surface area contributed by atoms with Crippen LogP contribution in [0.15, 0.2) is 36.4 Å². The van der Waals surface area contributed by atoms with Crippen LogP contribution in [0.4, 0.5) is 17.1 Å². The smallest absolute Gasteiger partial charge is 0.296 e. The van der Waals surface area contributed by atoms with Gasteiger partial charge in [-0.25, -0.2) is 0 Å². The highest BCUT2D eigenvalue weighted by Crippen LogP contribution is 2.41. The van der Waals surface area contributed by atoms with Gasteiger partial charge in [0.05, 0.1) is 11.0 Å². The maximum Gasteiger partial charge on any atom is 0.296 e. The SMILES string of the molecule is O=[N+]([O-])c1cc2c(cc1Nc1ccc(CCO)cc1)OCO2. The molecule has 0 aromatic heterocycles. The second kappa shape index (κ2) is 5.90. The molecule has 0 atom stereocenters. The summed E-state index contributed by atoms with van der Waals surface area (Å²) in [4.78, 5) is 10.7. The Morgan fingerprint density at radius 2 is 1.86 bits per heavy atom. The predicted molar refractivity (Wildman–Crippen MR) is 79.7 cm³/mol. The highest BCUT2D eigenvalue weighted by Gasteiger charge is 2.23. The van der Waals surface area contributed by atoms with Crippen LogP contribution >= 0.6 is 0 Å². The summed E-state index contributed by atoms with van der Waals surface area (Å²) in [7, 11) is 0. The van der Waals surface area contributed by atoms with Gasteiger partial charge in [0.2, 0.25) is 6.79 Å². The van der Waals surface area contributed by atoms with Gasteiger partial charge in [0, 0.05) is 18.4 Å². The first-order valence-electron chi connectivity index (χ1n) is 6.72. The van der Waals surface area contributed by atoms with E-state index in [9.17, 15) is 10.1 Å². The number of nitro groups is 1. The summed E-state index contributed by atoms with van der Waals surface area (Å²) in [5.41, 5.74) is 1.96. The van der Waals surface area contributed by atoms with Gasteiger partial charge in [0.25, 0.3) is 5.69 Å². The average Bonchev–Trinajstić information content (AvgIpc) is 2.96. The third-order valence-corrected chi connectivity index (χ3v) is 3.32. The van der Waals surface area contributed by atoms with Gasteiger partial charge in [0.1, 0.15) is 5.69 Å². The molecule has 7 nitrogen and oxygen atoms in total. The number of hydrogen-bond acceptors (Lipinski definition) is 6. The number of nitrogens with one attached hydrogen (secondary N) is 1. The molecule has 2 N–H and O–H groups in total. The number of nitrogens with zero attached hydrogens (tertiary/aromatic N) is 1. The molecule has 0 radical (unpaired) electrons. The van der Waals surface area contributed by atoms with Crippen molar-refractivity contribution in [3.8, 4) is 11.5 Å². The Hall–Kier alpha value is -2.80. The van der Waals surface area contributed by atoms with Crippen LogP contribution in [0.1, 0.15) is 5.56 Å². The number of aliphatic hydroxyl groups is 1. The van der Waals surface area contributed by atoms with Crippen molar-refractivity contribution in [3.05, 3.63) is 52.1 Å². The van der Waals surface area contributed by atoms with E-state index in [-0.39, 0.29) is 19.1 Å². The summed E-state index contributed by atoms with van der Waals surface area (Å²) in [5.74, 6) is 0.848. The van der Waals surface area contributed by atoms with Crippen molar-refractivity contribution in [3.63, 3.8) is 0 Å². The van der Waals surface area contributed by atoms with E-state index in [4.69, 9.17) is 14.6 Å². The van der Waals surface area contributed by atoms with Crippen LogP contribution in [0, 0.1) is 10.1 Å². The van der Waals surface area contributed by atoms with Crippen LogP contribution in [0.5, 0.6) is 11.5 Å². The van der Waals surface area contributed by atoms with E-state index in [1.165, 1.54) is 6.07 Å². The molecule has 0 unspecified atom stereocenters. The maximum atomic E-state index is 11.2. The molecular formula is C15H14N2O5. The minimum atomic E-state index is -0.468. The lowest BCUT2D eigenvalue weighted by Gasteiger charge is -2.09. The molecule has 22 heavy (non-hydrogen) atoms. The molecule has 0 amide bonds. The quantitative estimate of drug-likeness (QED) is 0.651. The molecule has 1 heterocycles. The highest BCUT2D eigenvalue weighted by molar-refractivity contribution is 5.74. The zero-order valence-corrected chi connectivity index (χ0v) is 11.6. The van der Waals surface area contributed by atoms with Crippen molar-refractivity contribution in [2.24, 2.45) is 0 Å². The summed E-state index contributed by atoms with van der Waals surface area (Å²) >= 11 is 0. The van der Waals surface area contributed by atoms with Crippen LogP contribution in [-0.2, 0) is 6.42 Å². The molecule has 0 saturated carbocycles. The van der Waals surface area contributed by atoms with E-state index in [0.717, 1.165) is 5.56 Å². The van der Waals surface area contributed by atoms with Gasteiger partial charge >= 0.3 is 0 Å². The zero-order chi connectivity index (χ0) is 15.5. The number of aliphatic hydroxyl groups excluding tert-OH is 1. The minimum Gasteiger partial charge on any atom is -0.454 e. The first-order valence-corrected chi connectivity index (χ1v) is 6.72. The van der Waals surface area contributed by atoms with Gasteiger partial charge in [-0.1, -0.05) is 12.1 Å². The van der Waals surface area contributed by atoms with Gasteiger partial charge in [-0.05, 0) is 24.1 Å². The van der Waals surface area contributed by atoms with E-state index in [1.807, 2.05) is 12.1 Å². The lowest BCUT2D eigenvalue weighted by molar-refractivity contribution is -0.384. The number of hydrogen-bond donors (Lipinski definition) is 2. The average molecular weight is 302 g/mol. The molecule has 1 aliphatic heterocycles. The molecule has 7 heteroatoms. The van der Waals surface area contributed by atoms with E-state index in [2.05, 4.69) is 5.32 Å². The summed E-state index contributed by atoms with van der Waals surface area (Å²) in [6.45, 7) is 0.145. The second-order valence-electron chi connectivity index (χ2n) is 4.78. The lowest BCUT2D eigenvalue weighted by atomic mass is 10.1. The number of anilines is 2. The fourth-order valence-electron chi connectivity index (χ4n) is 2.22. The third kappa shape index (κ3) is 2.79. The van der Waals surface area contributed by atoms with E-state index in [1.54, 1.807) is 18.2 Å². The molecule has 3 rings (SSSR count). The summed E-state index contributed by atoms with van der Waals surface area (Å²) in [6, 6.07) is 10.2. The van der Waals surface area contributed by atoms with Crippen LogP contribution in [0.2, 0.25) is 0 Å². The number of benzene rings is 2. The molecule has 0 fully saturated rings. The number of rotatable bonds is 5. The van der Waals surface area contributed by atoms with E-state index in [0.29, 0.717) is 29.3 Å². The van der Waals surface area contributed by atoms with E-state index >= 15 is 0 Å². The topological polar surface area (TPSA) is 93.9 Å². The first-order chi connectivity index (χ1) is 10.7. The largest absolute Gasteiger partial charge is 0.454 e. The highest BCUT2D eigenvalue weighted by atomic mass is 16.7. The fourth-order valence-corrected chi connectivity index (χ4v) is 2.22. The van der Waals surface area contributed by atoms with Gasteiger partial charge in [0.15, 0.2) is 11.5 Å². The lowest BCUT2D eigenvalue weighted by Crippen LogP contribution is -1.98. The third-order valence-electron chi connectivity index (χ3n) is 3.32. The molecule has 0 spiro atoms. The maximum absolute atomic E-state index is 11.2. The Morgan fingerprint density at radius 1 is 1.18 bits per heavy atom. The Morgan fingerprint density at radius 3 is 2.50 bits per heavy atom. The van der Waals surface area contributed by atoms with Gasteiger partial charge in [-0.3, -0.25) is 10.1 Å². The number of fused-ring (bicyclic) bond motifs is 1. The predicted octanol–water partition coefficient (Wildman–Crippen LogP) is 2.60. The van der Waals surface area contributed by atoms with Crippen molar-refractivity contribution in [2.75, 3.05) is 18.7 Å². The van der Waals surface area contributed by atoms with Crippen molar-refractivity contribution in [1.82, 2.24) is 0 Å². The second-order valence-corrected chi connectivity index (χ2v) is 4.78. The Bertz CT molecular complexity index is 700. The monoisotopic (exact) mass is 302 g/mol. The number of nitro benzene ring substituents is 1. The molecule has 2 aromatic carbocycles. The van der Waals surface area contributed by atoms with Gasteiger partial charge < -0.3 is 19.9 Å². The van der Waals surface area contributed by atoms with Crippen LogP contribution in [-0.4, -0.2) is 23.4 Å². The summed E-state index contributed by atoms with van der Waals surface area (Å²) < 4.78 is 10.4. The van der Waals surface area contributed by atoms with Crippen LogP contribution in [0.25, 0.3) is 0 Å². The van der Waals surface area contributed by atoms with Gasteiger partial charge in [-0.2, -0.15) is 0 Å². The fraction of sp³-hybridized carbons (Fsp3) is 0.200. The van der Waals surface area contributed by atoms with Crippen LogP contribution < -0.4 is 14.8 Å². The Labute approximate surface area is 126 Å². The standard InChI is InChI=1S/C15H14N2O5/c18-6-5-10-1-3-11(4-2-10)16-12-7-14-15(22-9-21-14)8-13(12)17(19)20/h1-4,7-8,16,18H,5-6,9H2. The molecular weight excluding hydrogens is 288 g/mol. The van der Waals surface area contributed by atoms with Gasteiger partial charge in [-0.15, -0.1) is 0 Å². The first kappa shape index (κ1) is 14.2. The number of ether oxygens (including phenoxy) is 2. The molecule has 0 saturated heterocycles. The molecule has 1 aliphatic rings. The molecule has 114 valence electrons. The Balaban J connectivity index is 1.89. The van der Waals surface area contributed by atoms with E-state index < -0.39 is 4.92 Å². The van der Waals surface area contributed by atoms with Crippen LogP contribution in [0.3, 0.4) is 0 Å². The zero-order valence-electron chi connectivity index (χ0n) is 11.6. The van der Waals surface area contributed by atoms with Crippen molar-refractivity contribution in [2.45, 2.75) is 6.42 Å². The molecule has 2 aromatic rings.